The molecule has 2 heteroatoms. The third-order valence-corrected chi connectivity index (χ3v) is 2.03. The largest absolute Gasteiger partial charge is 0.428 e. The Kier molecular flexibility index (Phi) is 3.82. The lowest BCUT2D eigenvalue weighted by Crippen LogP contribution is -2.21. The Labute approximate surface area is 58.5 Å². The number of allylic oxidation sites excluding steroid dienone is 1. The van der Waals surface area contributed by atoms with Gasteiger partial charge in [-0.05, 0) is 19.5 Å². The molecule has 54 valence electrons. The Bertz CT molecular complexity index is 91.6. The molecule has 0 aromatic rings. The van der Waals surface area contributed by atoms with Gasteiger partial charge in [0.15, 0.2) is 0 Å². The Morgan fingerprint density at radius 1 is 1.44 bits per heavy atom. The van der Waals surface area contributed by atoms with Gasteiger partial charge in [-0.2, -0.15) is 0 Å². The van der Waals surface area contributed by atoms with Crippen molar-refractivity contribution in [3.8, 4) is 0 Å². The summed E-state index contributed by atoms with van der Waals surface area (Å²) in [5.74, 6) is 0. The molecule has 1 nitrogen and oxygen atoms in total. The Balaban J connectivity index is 3.45. The number of hydrogen-bond donors (Lipinski definition) is 1. The first kappa shape index (κ1) is 8.92. The summed E-state index contributed by atoms with van der Waals surface area (Å²) >= 11 is 0. The first-order chi connectivity index (χ1) is 4.06. The van der Waals surface area contributed by atoms with E-state index in [1.165, 1.54) is 6.42 Å². The lowest BCUT2D eigenvalue weighted by molar-refractivity contribution is 0.567. The molecule has 0 saturated carbocycles. The fourth-order valence-corrected chi connectivity index (χ4v) is 1.28. The lowest BCUT2D eigenvalue weighted by Gasteiger charge is -2.05. The first-order valence-electron chi connectivity index (χ1n) is 3.46. The van der Waals surface area contributed by atoms with Gasteiger partial charge in [0.1, 0.15) is 0 Å². The predicted octanol–water partition coefficient (Wildman–Crippen LogP) is 2.08. The van der Waals surface area contributed by atoms with Crippen LogP contribution in [0.1, 0.15) is 19.8 Å². The van der Waals surface area contributed by atoms with Crippen molar-refractivity contribution in [3.63, 3.8) is 0 Å². The molecule has 0 rings (SSSR count). The van der Waals surface area contributed by atoms with Gasteiger partial charge in [0.05, 0.1) is 0 Å². The fraction of sp³-hybridized carbons (Fsp3) is 0.714. The third kappa shape index (κ3) is 7.92. The average Bonchev–Trinajstić information content (AvgIpc) is 1.63. The number of rotatable bonds is 3. The van der Waals surface area contributed by atoms with E-state index >= 15 is 0 Å². The minimum absolute atomic E-state index is 1.09. The summed E-state index contributed by atoms with van der Waals surface area (Å²) in [7, 11) is -1.88. The highest BCUT2D eigenvalue weighted by molar-refractivity contribution is 6.74. The van der Waals surface area contributed by atoms with E-state index in [0.29, 0.717) is 0 Å². The summed E-state index contributed by atoms with van der Waals surface area (Å²) in [6, 6.07) is 0. The minimum atomic E-state index is -1.88. The van der Waals surface area contributed by atoms with E-state index in [-0.39, 0.29) is 0 Å². The molecule has 0 bridgehead atoms. The van der Waals surface area contributed by atoms with Crippen LogP contribution in [0, 0.1) is 0 Å². The van der Waals surface area contributed by atoms with Crippen LogP contribution in [0.15, 0.2) is 11.8 Å². The summed E-state index contributed by atoms with van der Waals surface area (Å²) in [5.41, 5.74) is 1.97. The molecule has 0 unspecified atom stereocenters. The van der Waals surface area contributed by atoms with Gasteiger partial charge >= 0.3 is 0 Å². The molecule has 0 aliphatic heterocycles. The van der Waals surface area contributed by atoms with E-state index in [1.54, 1.807) is 0 Å². The van der Waals surface area contributed by atoms with Crippen LogP contribution in [0.2, 0.25) is 13.1 Å². The maximum atomic E-state index is 9.30. The molecule has 0 radical (unpaired) electrons. The molecular formula is C7H16OSi. The molecule has 0 aliphatic rings. The van der Waals surface area contributed by atoms with Crippen molar-refractivity contribution in [2.45, 2.75) is 32.9 Å². The first-order valence-corrected chi connectivity index (χ1v) is 6.49. The van der Waals surface area contributed by atoms with Gasteiger partial charge in [-0.1, -0.05) is 25.1 Å². The van der Waals surface area contributed by atoms with Crippen LogP contribution in [0.25, 0.3) is 0 Å². The molecule has 0 fully saturated rings. The molecule has 0 aromatic heterocycles. The van der Waals surface area contributed by atoms with Gasteiger partial charge < -0.3 is 4.80 Å². The van der Waals surface area contributed by atoms with Crippen LogP contribution in [0.5, 0.6) is 0 Å². The van der Waals surface area contributed by atoms with E-state index in [9.17, 15) is 4.80 Å². The number of hydrogen-bond acceptors (Lipinski definition) is 1. The average molecular weight is 144 g/mol. The van der Waals surface area contributed by atoms with E-state index in [2.05, 4.69) is 13.0 Å². The summed E-state index contributed by atoms with van der Waals surface area (Å²) in [6.07, 6.45) is 4.34. The molecule has 0 aromatic carbocycles. The van der Waals surface area contributed by atoms with Crippen molar-refractivity contribution in [2.75, 3.05) is 0 Å². The van der Waals surface area contributed by atoms with Crippen LogP contribution in [0.4, 0.5) is 0 Å². The minimum Gasteiger partial charge on any atom is -0.428 e. The van der Waals surface area contributed by atoms with E-state index in [0.717, 1.165) is 6.42 Å². The SMILES string of the molecule is CCC/C=C/[Si](C)(C)O. The molecule has 1 N–H and O–H groups in total. The van der Waals surface area contributed by atoms with Crippen LogP contribution in [-0.2, 0) is 0 Å². The Morgan fingerprint density at radius 2 is 2.00 bits per heavy atom. The Morgan fingerprint density at radius 3 is 2.33 bits per heavy atom. The fourth-order valence-electron chi connectivity index (χ4n) is 0.538. The van der Waals surface area contributed by atoms with Crippen molar-refractivity contribution >= 4 is 8.32 Å². The normalized spacial score (nSPS) is 12.9. The van der Waals surface area contributed by atoms with Gasteiger partial charge in [0.25, 0.3) is 0 Å². The molecule has 0 saturated heterocycles. The second-order valence-electron chi connectivity index (χ2n) is 2.84. The van der Waals surface area contributed by atoms with Crippen molar-refractivity contribution in [1.29, 1.82) is 0 Å². The Hall–Kier alpha value is -0.0831. The highest BCUT2D eigenvalue weighted by atomic mass is 28.4. The molecule has 0 atom stereocenters. The molecule has 9 heavy (non-hydrogen) atoms. The molecular weight excluding hydrogens is 128 g/mol. The molecule has 0 aliphatic carbocycles. The second-order valence-corrected chi connectivity index (χ2v) is 6.49. The van der Waals surface area contributed by atoms with Gasteiger partial charge in [-0.3, -0.25) is 0 Å². The van der Waals surface area contributed by atoms with Crippen molar-refractivity contribution in [1.82, 2.24) is 0 Å². The highest BCUT2D eigenvalue weighted by Crippen LogP contribution is 1.99. The van der Waals surface area contributed by atoms with Crippen molar-refractivity contribution in [2.24, 2.45) is 0 Å². The zero-order valence-corrected chi connectivity index (χ0v) is 7.52. The van der Waals surface area contributed by atoms with Crippen LogP contribution >= 0.6 is 0 Å². The van der Waals surface area contributed by atoms with Crippen LogP contribution < -0.4 is 0 Å². The van der Waals surface area contributed by atoms with E-state index in [4.69, 9.17) is 0 Å². The molecule has 0 amide bonds. The zero-order chi connectivity index (χ0) is 7.33. The molecule has 0 heterocycles. The quantitative estimate of drug-likeness (QED) is 0.601. The van der Waals surface area contributed by atoms with E-state index < -0.39 is 8.32 Å². The third-order valence-electron chi connectivity index (χ3n) is 0.981. The maximum absolute atomic E-state index is 9.30. The van der Waals surface area contributed by atoms with Crippen molar-refractivity contribution < 1.29 is 4.80 Å². The van der Waals surface area contributed by atoms with Gasteiger partial charge in [0.2, 0.25) is 8.32 Å². The standard InChI is InChI=1S/C7H16OSi/c1-4-5-6-7-9(2,3)8/h6-8H,4-5H2,1-3H3/b7-6+. The second kappa shape index (κ2) is 3.85. The lowest BCUT2D eigenvalue weighted by atomic mass is 10.3. The van der Waals surface area contributed by atoms with Gasteiger partial charge in [-0.15, -0.1) is 0 Å². The topological polar surface area (TPSA) is 20.2 Å². The smallest absolute Gasteiger partial charge is 0.206 e. The summed E-state index contributed by atoms with van der Waals surface area (Å²) in [6.45, 7) is 5.97. The zero-order valence-electron chi connectivity index (χ0n) is 6.52. The van der Waals surface area contributed by atoms with Gasteiger partial charge in [-0.25, -0.2) is 0 Å². The van der Waals surface area contributed by atoms with Crippen LogP contribution in [0.3, 0.4) is 0 Å². The molecule has 0 spiro atoms. The summed E-state index contributed by atoms with van der Waals surface area (Å²) in [5, 5.41) is 0. The van der Waals surface area contributed by atoms with Crippen LogP contribution in [-0.4, -0.2) is 13.1 Å². The summed E-state index contributed by atoms with van der Waals surface area (Å²) < 4.78 is 0. The van der Waals surface area contributed by atoms with Gasteiger partial charge in [0, 0.05) is 0 Å². The monoisotopic (exact) mass is 144 g/mol. The van der Waals surface area contributed by atoms with E-state index in [1.807, 2.05) is 18.8 Å². The predicted molar refractivity (Wildman–Crippen MR) is 43.7 cm³/mol. The van der Waals surface area contributed by atoms with Crippen molar-refractivity contribution in [3.05, 3.63) is 11.8 Å². The maximum Gasteiger partial charge on any atom is 0.206 e. The summed E-state index contributed by atoms with van der Waals surface area (Å²) in [4.78, 5) is 9.30. The highest BCUT2D eigenvalue weighted by Gasteiger charge is 2.09. The number of unbranched alkanes of at least 4 members (excludes halogenated alkanes) is 1.